The first kappa shape index (κ1) is 21.0. The largest absolute Gasteiger partial charge is 0.497 e. The molecule has 2 amide bonds. The fraction of sp³-hybridized carbons (Fsp3) is 0.158. The van der Waals surface area contributed by atoms with Gasteiger partial charge in [-0.05, 0) is 24.3 Å². The van der Waals surface area contributed by atoms with Crippen molar-refractivity contribution in [3.8, 4) is 11.5 Å². The summed E-state index contributed by atoms with van der Waals surface area (Å²) in [5.74, 6) is 6.79. The second kappa shape index (κ2) is 10.2. The van der Waals surface area contributed by atoms with Gasteiger partial charge in [0.15, 0.2) is 5.82 Å². The van der Waals surface area contributed by atoms with E-state index in [0.717, 1.165) is 11.8 Å². The van der Waals surface area contributed by atoms with Gasteiger partial charge in [0.1, 0.15) is 18.1 Å². The zero-order valence-corrected chi connectivity index (χ0v) is 16.9. The number of nitrogens with zero attached hydrogens (tertiary/aromatic N) is 3. The predicted octanol–water partition coefficient (Wildman–Crippen LogP) is 1.13. The smallest absolute Gasteiger partial charge is 0.269 e. The van der Waals surface area contributed by atoms with E-state index in [1.807, 2.05) is 0 Å². The molecule has 3 rings (SSSR count). The fourth-order valence-electron chi connectivity index (χ4n) is 2.30. The molecule has 0 bridgehead atoms. The summed E-state index contributed by atoms with van der Waals surface area (Å²) in [5.41, 5.74) is 5.13. The van der Waals surface area contributed by atoms with E-state index in [1.54, 1.807) is 61.7 Å². The van der Waals surface area contributed by atoms with Crippen LogP contribution in [-0.4, -0.2) is 39.6 Å². The van der Waals surface area contributed by atoms with E-state index in [4.69, 9.17) is 15.3 Å². The summed E-state index contributed by atoms with van der Waals surface area (Å²) in [5, 5.41) is 8.27. The zero-order valence-electron chi connectivity index (χ0n) is 16.1. The average Bonchev–Trinajstić information content (AvgIpc) is 3.14. The first-order chi connectivity index (χ1) is 14.6. The quantitative estimate of drug-likeness (QED) is 0.276. The van der Waals surface area contributed by atoms with Crippen molar-refractivity contribution in [1.29, 1.82) is 0 Å². The summed E-state index contributed by atoms with van der Waals surface area (Å²) in [4.78, 5) is 23.9. The molecule has 0 radical (unpaired) electrons. The lowest BCUT2D eigenvalue weighted by Crippen LogP contribution is -2.42. The molecule has 156 valence electrons. The lowest BCUT2D eigenvalue weighted by Gasteiger charge is -2.08. The molecular formula is C19H20N6O4S. The van der Waals surface area contributed by atoms with E-state index in [0.29, 0.717) is 28.0 Å². The number of hydrogen-bond donors (Lipinski definition) is 3. The van der Waals surface area contributed by atoms with E-state index >= 15 is 0 Å². The van der Waals surface area contributed by atoms with Crippen molar-refractivity contribution >= 4 is 23.6 Å². The van der Waals surface area contributed by atoms with Gasteiger partial charge in [0.2, 0.25) is 11.1 Å². The fourth-order valence-corrected chi connectivity index (χ4v) is 2.97. The van der Waals surface area contributed by atoms with E-state index in [-0.39, 0.29) is 12.4 Å². The maximum Gasteiger partial charge on any atom is 0.269 e. The molecule has 10 nitrogen and oxygen atoms in total. The van der Waals surface area contributed by atoms with Crippen LogP contribution < -0.4 is 26.2 Å². The Bertz CT molecular complexity index is 1010. The molecule has 0 atom stereocenters. The predicted molar refractivity (Wildman–Crippen MR) is 110 cm³/mol. The minimum atomic E-state index is -0.415. The van der Waals surface area contributed by atoms with Crippen LogP contribution in [0, 0.1) is 0 Å². The molecule has 0 aliphatic carbocycles. The number of aromatic nitrogens is 3. The number of amides is 2. The maximum atomic E-state index is 12.0. The standard InChI is InChI=1S/C19H20N6O4S/c1-28-14-8-5-9-15(10-14)29-11-16-21-24-19(25(16)20)30-12-17(26)22-23-18(27)13-6-3-2-4-7-13/h2-10H,11-12,20H2,1H3,(H,22,26)(H,23,27). The number of methoxy groups -OCH3 is 1. The third-order valence-electron chi connectivity index (χ3n) is 3.83. The van der Waals surface area contributed by atoms with Crippen molar-refractivity contribution in [1.82, 2.24) is 25.7 Å². The number of nitrogens with one attached hydrogen (secondary N) is 2. The summed E-state index contributed by atoms with van der Waals surface area (Å²) >= 11 is 1.08. The Morgan fingerprint density at radius 1 is 1.07 bits per heavy atom. The first-order valence-corrected chi connectivity index (χ1v) is 9.78. The van der Waals surface area contributed by atoms with Crippen LogP contribution in [-0.2, 0) is 11.4 Å². The third kappa shape index (κ3) is 5.64. The molecule has 0 fully saturated rings. The maximum absolute atomic E-state index is 12.0. The van der Waals surface area contributed by atoms with Crippen LogP contribution in [0.5, 0.6) is 11.5 Å². The van der Waals surface area contributed by atoms with Gasteiger partial charge in [-0.3, -0.25) is 20.4 Å². The molecule has 30 heavy (non-hydrogen) atoms. The number of carbonyl (C=O) groups excluding carboxylic acids is 2. The molecule has 0 aliphatic rings. The van der Waals surface area contributed by atoms with Crippen molar-refractivity contribution in [2.24, 2.45) is 0 Å². The minimum absolute atomic E-state index is 0.0128. The molecule has 4 N–H and O–H groups in total. The second-order valence-corrected chi connectivity index (χ2v) is 6.84. The van der Waals surface area contributed by atoms with E-state index < -0.39 is 11.8 Å². The molecule has 0 saturated heterocycles. The SMILES string of the molecule is COc1cccc(OCc2nnc(SCC(=O)NNC(=O)c3ccccc3)n2N)c1. The van der Waals surface area contributed by atoms with Gasteiger partial charge in [-0.25, -0.2) is 4.68 Å². The Kier molecular flexibility index (Phi) is 7.11. The summed E-state index contributed by atoms with van der Waals surface area (Å²) in [6.45, 7) is 0.0938. The number of rotatable bonds is 8. The summed E-state index contributed by atoms with van der Waals surface area (Å²) < 4.78 is 12.0. The van der Waals surface area contributed by atoms with Crippen LogP contribution in [0.15, 0.2) is 59.8 Å². The molecule has 2 aromatic carbocycles. The minimum Gasteiger partial charge on any atom is -0.497 e. The van der Waals surface area contributed by atoms with Crippen molar-refractivity contribution in [3.05, 3.63) is 66.0 Å². The highest BCUT2D eigenvalue weighted by atomic mass is 32.2. The van der Waals surface area contributed by atoms with E-state index in [9.17, 15) is 9.59 Å². The van der Waals surface area contributed by atoms with Crippen molar-refractivity contribution in [2.45, 2.75) is 11.8 Å². The molecule has 3 aromatic rings. The molecule has 1 heterocycles. The number of nitrogens with two attached hydrogens (primary N) is 1. The molecule has 0 unspecified atom stereocenters. The van der Waals surface area contributed by atoms with Gasteiger partial charge in [-0.15, -0.1) is 10.2 Å². The molecule has 0 aliphatic heterocycles. The topological polar surface area (TPSA) is 133 Å². The van der Waals surface area contributed by atoms with Crippen LogP contribution in [0.4, 0.5) is 0 Å². The van der Waals surface area contributed by atoms with Crippen LogP contribution in [0.1, 0.15) is 16.2 Å². The Labute approximate surface area is 176 Å². The van der Waals surface area contributed by atoms with Gasteiger partial charge in [-0.1, -0.05) is 36.0 Å². The lowest BCUT2D eigenvalue weighted by molar-refractivity contribution is -0.119. The number of carbonyl (C=O) groups is 2. The summed E-state index contributed by atoms with van der Waals surface area (Å²) in [6, 6.07) is 15.7. The van der Waals surface area contributed by atoms with Crippen LogP contribution in [0.3, 0.4) is 0 Å². The Balaban J connectivity index is 1.46. The van der Waals surface area contributed by atoms with Crippen LogP contribution in [0.2, 0.25) is 0 Å². The molecule has 1 aromatic heterocycles. The van der Waals surface area contributed by atoms with E-state index in [2.05, 4.69) is 21.0 Å². The number of hydrazine groups is 1. The lowest BCUT2D eigenvalue weighted by atomic mass is 10.2. The summed E-state index contributed by atoms with van der Waals surface area (Å²) in [7, 11) is 1.57. The number of ether oxygens (including phenoxy) is 2. The van der Waals surface area contributed by atoms with Gasteiger partial charge in [0.25, 0.3) is 5.91 Å². The molecule has 0 saturated carbocycles. The van der Waals surface area contributed by atoms with Gasteiger partial charge >= 0.3 is 0 Å². The second-order valence-electron chi connectivity index (χ2n) is 5.89. The number of nitrogen functional groups attached to an aromatic ring is 1. The highest BCUT2D eigenvalue weighted by Gasteiger charge is 2.14. The highest BCUT2D eigenvalue weighted by Crippen LogP contribution is 2.20. The molecule has 0 spiro atoms. The van der Waals surface area contributed by atoms with Gasteiger partial charge in [0.05, 0.1) is 12.9 Å². The molecular weight excluding hydrogens is 408 g/mol. The van der Waals surface area contributed by atoms with Crippen LogP contribution >= 0.6 is 11.8 Å². The Morgan fingerprint density at radius 3 is 2.60 bits per heavy atom. The van der Waals surface area contributed by atoms with Crippen molar-refractivity contribution in [3.63, 3.8) is 0 Å². The third-order valence-corrected chi connectivity index (χ3v) is 4.77. The number of benzene rings is 2. The van der Waals surface area contributed by atoms with Crippen LogP contribution in [0.25, 0.3) is 0 Å². The van der Waals surface area contributed by atoms with Gasteiger partial charge in [-0.2, -0.15) is 0 Å². The van der Waals surface area contributed by atoms with Crippen molar-refractivity contribution < 1.29 is 19.1 Å². The Morgan fingerprint density at radius 2 is 1.83 bits per heavy atom. The average molecular weight is 428 g/mol. The zero-order chi connectivity index (χ0) is 21.3. The number of hydrogen-bond acceptors (Lipinski definition) is 8. The normalized spacial score (nSPS) is 10.3. The summed E-state index contributed by atoms with van der Waals surface area (Å²) in [6.07, 6.45) is 0. The monoisotopic (exact) mass is 428 g/mol. The Hall–Kier alpha value is -3.73. The molecule has 11 heteroatoms. The van der Waals surface area contributed by atoms with Crippen molar-refractivity contribution in [2.75, 3.05) is 18.7 Å². The van der Waals surface area contributed by atoms with E-state index in [1.165, 1.54) is 4.68 Å². The number of thioether (sulfide) groups is 1. The van der Waals surface area contributed by atoms with Gasteiger partial charge < -0.3 is 15.3 Å². The highest BCUT2D eigenvalue weighted by molar-refractivity contribution is 7.99. The first-order valence-electron chi connectivity index (χ1n) is 8.80. The van der Waals surface area contributed by atoms with Gasteiger partial charge in [0, 0.05) is 11.6 Å².